The highest BCUT2D eigenvalue weighted by Gasteiger charge is 2.36. The number of nitrogens with zero attached hydrogens (tertiary/aromatic N) is 4. The summed E-state index contributed by atoms with van der Waals surface area (Å²) in [4.78, 5) is 29.4. The summed E-state index contributed by atoms with van der Waals surface area (Å²) in [5, 5.41) is 7.98. The van der Waals surface area contributed by atoms with Gasteiger partial charge < -0.3 is 9.64 Å². The van der Waals surface area contributed by atoms with Gasteiger partial charge in [-0.2, -0.15) is 5.10 Å². The number of likely N-dealkylation sites (tertiary alicyclic amines) is 1. The molecule has 1 saturated heterocycles. The van der Waals surface area contributed by atoms with E-state index in [0.717, 1.165) is 38.0 Å². The number of piperidine rings is 1. The second kappa shape index (κ2) is 7.34. The summed E-state index contributed by atoms with van der Waals surface area (Å²) in [5.41, 5.74) is 1.64. The topological polar surface area (TPSA) is 75.6 Å². The minimum Gasteiger partial charge on any atom is -0.476 e. The number of rotatable bonds is 2. The maximum atomic E-state index is 13.1. The molecule has 1 aromatic carbocycles. The lowest BCUT2D eigenvalue weighted by Gasteiger charge is -2.37. The second-order valence-corrected chi connectivity index (χ2v) is 6.94. The van der Waals surface area contributed by atoms with Gasteiger partial charge in [0.05, 0.1) is 17.9 Å². The number of aromatic nitrogens is 2. The van der Waals surface area contributed by atoms with E-state index in [9.17, 15) is 9.59 Å². The van der Waals surface area contributed by atoms with Crippen LogP contribution in [0.25, 0.3) is 0 Å². The van der Waals surface area contributed by atoms with Crippen molar-refractivity contribution in [3.63, 3.8) is 0 Å². The molecule has 1 aromatic heterocycles. The Balaban J connectivity index is 1.62. The molecule has 140 valence electrons. The average molecular weight is 366 g/mol. The van der Waals surface area contributed by atoms with Crippen molar-refractivity contribution in [2.45, 2.75) is 32.3 Å². The molecule has 0 bridgehead atoms. The molecular weight excluding hydrogens is 344 g/mol. The van der Waals surface area contributed by atoms with Gasteiger partial charge in [-0.05, 0) is 50.5 Å². The van der Waals surface area contributed by atoms with Crippen LogP contribution in [-0.2, 0) is 4.79 Å². The van der Waals surface area contributed by atoms with Crippen LogP contribution in [0.2, 0.25) is 0 Å². The Labute approximate surface area is 157 Å². The van der Waals surface area contributed by atoms with Gasteiger partial charge in [0, 0.05) is 13.1 Å². The predicted octanol–water partition coefficient (Wildman–Crippen LogP) is 2.21. The zero-order valence-electron chi connectivity index (χ0n) is 15.3. The molecule has 1 atom stereocenters. The van der Waals surface area contributed by atoms with E-state index in [1.807, 2.05) is 30.0 Å². The van der Waals surface area contributed by atoms with Gasteiger partial charge in [-0.3, -0.25) is 14.5 Å². The van der Waals surface area contributed by atoms with Gasteiger partial charge in [-0.1, -0.05) is 12.1 Å². The molecule has 7 nitrogen and oxygen atoms in total. The Morgan fingerprint density at radius 2 is 1.81 bits per heavy atom. The van der Waals surface area contributed by atoms with E-state index < -0.39 is 6.10 Å². The lowest BCUT2D eigenvalue weighted by molar-refractivity contribution is -0.139. The SMILES string of the molecule is Cc1ccc(C(=O)N2CC(C(=O)N3CCCCC3)Oc3ccccc32)nn1. The summed E-state index contributed by atoms with van der Waals surface area (Å²) >= 11 is 0. The Bertz CT molecular complexity index is 847. The molecule has 2 aliphatic heterocycles. The molecule has 0 spiro atoms. The number of fused-ring (bicyclic) bond motifs is 1. The van der Waals surface area contributed by atoms with Gasteiger partial charge >= 0.3 is 0 Å². The first-order valence-electron chi connectivity index (χ1n) is 9.30. The molecule has 2 aliphatic rings. The summed E-state index contributed by atoms with van der Waals surface area (Å²) in [5.74, 6) is 0.194. The highest BCUT2D eigenvalue weighted by molar-refractivity contribution is 6.06. The Morgan fingerprint density at radius 1 is 1.04 bits per heavy atom. The normalized spacial score (nSPS) is 19.2. The van der Waals surface area contributed by atoms with Crippen LogP contribution in [0.15, 0.2) is 36.4 Å². The van der Waals surface area contributed by atoms with E-state index >= 15 is 0 Å². The van der Waals surface area contributed by atoms with Crippen molar-refractivity contribution < 1.29 is 14.3 Å². The first kappa shape index (κ1) is 17.5. The monoisotopic (exact) mass is 366 g/mol. The van der Waals surface area contributed by atoms with Crippen molar-refractivity contribution in [3.05, 3.63) is 47.8 Å². The highest BCUT2D eigenvalue weighted by atomic mass is 16.5. The molecule has 3 heterocycles. The summed E-state index contributed by atoms with van der Waals surface area (Å²) in [7, 11) is 0. The molecule has 2 aromatic rings. The number of anilines is 1. The van der Waals surface area contributed by atoms with Crippen LogP contribution < -0.4 is 9.64 Å². The molecule has 1 unspecified atom stereocenters. The summed E-state index contributed by atoms with van der Waals surface area (Å²) in [6.07, 6.45) is 2.46. The van der Waals surface area contributed by atoms with E-state index in [1.165, 1.54) is 0 Å². The van der Waals surface area contributed by atoms with Crippen LogP contribution in [0.4, 0.5) is 5.69 Å². The van der Waals surface area contributed by atoms with Crippen molar-refractivity contribution in [3.8, 4) is 5.75 Å². The zero-order chi connectivity index (χ0) is 18.8. The van der Waals surface area contributed by atoms with Gasteiger partial charge in [0.1, 0.15) is 5.75 Å². The van der Waals surface area contributed by atoms with Crippen LogP contribution in [0, 0.1) is 6.92 Å². The molecule has 0 N–H and O–H groups in total. The number of aryl methyl sites for hydroxylation is 1. The number of carbonyl (C=O) groups is 2. The molecule has 7 heteroatoms. The number of amides is 2. The second-order valence-electron chi connectivity index (χ2n) is 6.94. The third-order valence-electron chi connectivity index (χ3n) is 4.98. The number of para-hydroxylation sites is 2. The fourth-order valence-electron chi connectivity index (χ4n) is 3.52. The Hall–Kier alpha value is -2.96. The number of hydrogen-bond acceptors (Lipinski definition) is 5. The third-order valence-corrected chi connectivity index (χ3v) is 4.98. The molecule has 2 amide bonds. The maximum absolute atomic E-state index is 13.1. The lowest BCUT2D eigenvalue weighted by atomic mass is 10.1. The number of hydrogen-bond donors (Lipinski definition) is 0. The highest BCUT2D eigenvalue weighted by Crippen LogP contribution is 2.34. The standard InChI is InChI=1S/C20H22N4O3/c1-14-9-10-15(22-21-14)19(25)24-13-18(20(26)23-11-5-2-6-12-23)27-17-8-4-3-7-16(17)24/h3-4,7-10,18H,2,5-6,11-13H2,1H3. The zero-order valence-corrected chi connectivity index (χ0v) is 15.3. The minimum atomic E-state index is -0.708. The Morgan fingerprint density at radius 3 is 2.56 bits per heavy atom. The molecular formula is C20H22N4O3. The molecule has 1 fully saturated rings. The van der Waals surface area contributed by atoms with E-state index in [2.05, 4.69) is 10.2 Å². The van der Waals surface area contributed by atoms with Crippen molar-refractivity contribution in [2.24, 2.45) is 0 Å². The van der Waals surface area contributed by atoms with Crippen molar-refractivity contribution in [1.82, 2.24) is 15.1 Å². The van der Waals surface area contributed by atoms with Gasteiger partial charge in [-0.15, -0.1) is 5.10 Å². The van der Waals surface area contributed by atoms with E-state index in [4.69, 9.17) is 4.74 Å². The van der Waals surface area contributed by atoms with Crippen LogP contribution in [0.3, 0.4) is 0 Å². The average Bonchev–Trinajstić information content (AvgIpc) is 2.73. The lowest BCUT2D eigenvalue weighted by Crippen LogP contribution is -2.53. The van der Waals surface area contributed by atoms with E-state index in [-0.39, 0.29) is 24.1 Å². The molecule has 4 rings (SSSR count). The molecule has 0 saturated carbocycles. The van der Waals surface area contributed by atoms with Crippen LogP contribution in [0.1, 0.15) is 35.4 Å². The third kappa shape index (κ3) is 3.49. The van der Waals surface area contributed by atoms with Gasteiger partial charge in [-0.25, -0.2) is 0 Å². The van der Waals surface area contributed by atoms with Crippen molar-refractivity contribution >= 4 is 17.5 Å². The van der Waals surface area contributed by atoms with Crippen molar-refractivity contribution in [1.29, 1.82) is 0 Å². The largest absolute Gasteiger partial charge is 0.476 e. The fourth-order valence-corrected chi connectivity index (χ4v) is 3.52. The minimum absolute atomic E-state index is 0.0583. The maximum Gasteiger partial charge on any atom is 0.279 e. The molecule has 27 heavy (non-hydrogen) atoms. The van der Waals surface area contributed by atoms with Crippen LogP contribution in [0.5, 0.6) is 5.75 Å². The number of ether oxygens (including phenoxy) is 1. The van der Waals surface area contributed by atoms with Gasteiger partial charge in [0.2, 0.25) is 0 Å². The van der Waals surface area contributed by atoms with Crippen LogP contribution >= 0.6 is 0 Å². The predicted molar refractivity (Wildman–Crippen MR) is 99.7 cm³/mol. The van der Waals surface area contributed by atoms with Gasteiger partial charge in [0.15, 0.2) is 11.8 Å². The van der Waals surface area contributed by atoms with E-state index in [0.29, 0.717) is 11.4 Å². The van der Waals surface area contributed by atoms with Crippen molar-refractivity contribution in [2.75, 3.05) is 24.5 Å². The van der Waals surface area contributed by atoms with Crippen LogP contribution in [-0.4, -0.2) is 52.6 Å². The van der Waals surface area contributed by atoms with Gasteiger partial charge in [0.25, 0.3) is 11.8 Å². The first-order valence-corrected chi connectivity index (χ1v) is 9.30. The van der Waals surface area contributed by atoms with E-state index in [1.54, 1.807) is 23.1 Å². The molecule has 0 aliphatic carbocycles. The quantitative estimate of drug-likeness (QED) is 0.814. The number of carbonyl (C=O) groups excluding carboxylic acids is 2. The summed E-state index contributed by atoms with van der Waals surface area (Å²) < 4.78 is 5.96. The number of benzene rings is 1. The fraction of sp³-hybridized carbons (Fsp3) is 0.400. The first-order chi connectivity index (χ1) is 13.1. The smallest absolute Gasteiger partial charge is 0.279 e. The Kier molecular flexibility index (Phi) is 4.75. The summed E-state index contributed by atoms with van der Waals surface area (Å²) in [6.45, 7) is 3.48. The molecule has 0 radical (unpaired) electrons. The summed E-state index contributed by atoms with van der Waals surface area (Å²) in [6, 6.07) is 10.7.